The number of nitrogens with zero attached hydrogens (tertiary/aromatic N) is 1. The van der Waals surface area contributed by atoms with E-state index >= 15 is 0 Å². The summed E-state index contributed by atoms with van der Waals surface area (Å²) in [7, 11) is 1.80. The summed E-state index contributed by atoms with van der Waals surface area (Å²) in [5.41, 5.74) is 0.920. The number of rotatable bonds is 4. The van der Waals surface area contributed by atoms with Gasteiger partial charge in [-0.25, -0.2) is 9.37 Å². The van der Waals surface area contributed by atoms with Gasteiger partial charge in [-0.1, -0.05) is 6.07 Å². The quantitative estimate of drug-likeness (QED) is 0.937. The number of hydrogen-bond donors (Lipinski definition) is 1. The van der Waals surface area contributed by atoms with Gasteiger partial charge in [0.15, 0.2) is 0 Å². The first-order chi connectivity index (χ1) is 8.70. The number of anilines is 1. The van der Waals surface area contributed by atoms with E-state index in [1.54, 1.807) is 25.4 Å². The molecule has 1 aromatic carbocycles. The van der Waals surface area contributed by atoms with Crippen LogP contribution < -0.4 is 10.1 Å². The van der Waals surface area contributed by atoms with Crippen molar-refractivity contribution in [2.45, 2.75) is 6.61 Å². The Balaban J connectivity index is 2.09. The first-order valence-corrected chi connectivity index (χ1v) is 6.19. The van der Waals surface area contributed by atoms with Crippen LogP contribution >= 0.6 is 15.9 Å². The van der Waals surface area contributed by atoms with Crippen LogP contribution in [0.3, 0.4) is 0 Å². The molecule has 0 unspecified atom stereocenters. The predicted octanol–water partition coefficient (Wildman–Crippen LogP) is 3.60. The SMILES string of the molecule is CNc1ncccc1COc1ccc(Br)c(F)c1. The highest BCUT2D eigenvalue weighted by atomic mass is 79.9. The Morgan fingerprint density at radius 3 is 2.94 bits per heavy atom. The molecular weight excluding hydrogens is 299 g/mol. The van der Waals surface area contributed by atoms with E-state index in [2.05, 4.69) is 26.2 Å². The molecule has 0 saturated heterocycles. The summed E-state index contributed by atoms with van der Waals surface area (Å²) < 4.78 is 19.3. The van der Waals surface area contributed by atoms with Crippen LogP contribution in [0.5, 0.6) is 5.75 Å². The normalized spacial score (nSPS) is 10.2. The molecule has 94 valence electrons. The second-order valence-electron chi connectivity index (χ2n) is 3.63. The average molecular weight is 311 g/mol. The zero-order chi connectivity index (χ0) is 13.0. The summed E-state index contributed by atoms with van der Waals surface area (Å²) in [5, 5.41) is 2.98. The van der Waals surface area contributed by atoms with Crippen molar-refractivity contribution in [2.24, 2.45) is 0 Å². The van der Waals surface area contributed by atoms with Crippen LogP contribution in [0.4, 0.5) is 10.2 Å². The summed E-state index contributed by atoms with van der Waals surface area (Å²) in [6, 6.07) is 8.42. The Labute approximate surface area is 113 Å². The number of ether oxygens (including phenoxy) is 1. The van der Waals surface area contributed by atoms with Gasteiger partial charge in [0.1, 0.15) is 24.0 Å². The molecule has 0 amide bonds. The number of benzene rings is 1. The summed E-state index contributed by atoms with van der Waals surface area (Å²) in [4.78, 5) is 4.17. The Bertz CT molecular complexity index is 548. The molecule has 0 aliphatic carbocycles. The van der Waals surface area contributed by atoms with E-state index in [4.69, 9.17) is 4.74 Å². The highest BCUT2D eigenvalue weighted by Gasteiger charge is 2.04. The van der Waals surface area contributed by atoms with Crippen LogP contribution in [0.1, 0.15) is 5.56 Å². The molecule has 5 heteroatoms. The van der Waals surface area contributed by atoms with Gasteiger partial charge in [0.05, 0.1) is 4.47 Å². The van der Waals surface area contributed by atoms with E-state index in [1.165, 1.54) is 6.07 Å². The van der Waals surface area contributed by atoms with Gasteiger partial charge < -0.3 is 10.1 Å². The molecule has 3 nitrogen and oxygen atoms in total. The van der Waals surface area contributed by atoms with Gasteiger partial charge in [0.2, 0.25) is 0 Å². The number of aromatic nitrogens is 1. The lowest BCUT2D eigenvalue weighted by Crippen LogP contribution is -2.02. The summed E-state index contributed by atoms with van der Waals surface area (Å²) in [6.45, 7) is 0.338. The van der Waals surface area contributed by atoms with Crippen LogP contribution in [0.25, 0.3) is 0 Å². The van der Waals surface area contributed by atoms with Gasteiger partial charge in [-0.05, 0) is 34.1 Å². The van der Waals surface area contributed by atoms with Gasteiger partial charge in [-0.3, -0.25) is 0 Å². The van der Waals surface area contributed by atoms with E-state index < -0.39 is 0 Å². The highest BCUT2D eigenvalue weighted by molar-refractivity contribution is 9.10. The van der Waals surface area contributed by atoms with E-state index in [9.17, 15) is 4.39 Å². The molecule has 0 spiro atoms. The Kier molecular flexibility index (Phi) is 4.15. The number of hydrogen-bond acceptors (Lipinski definition) is 3. The molecule has 2 aromatic rings. The van der Waals surface area contributed by atoms with E-state index in [-0.39, 0.29) is 5.82 Å². The monoisotopic (exact) mass is 310 g/mol. The smallest absolute Gasteiger partial charge is 0.141 e. The molecule has 0 aliphatic heterocycles. The van der Waals surface area contributed by atoms with Crippen molar-refractivity contribution in [3.8, 4) is 5.75 Å². The number of halogens is 2. The van der Waals surface area contributed by atoms with Crippen LogP contribution in [0, 0.1) is 5.82 Å². The Hall–Kier alpha value is -1.62. The number of nitrogens with one attached hydrogen (secondary N) is 1. The van der Waals surface area contributed by atoms with Gasteiger partial charge in [-0.2, -0.15) is 0 Å². The lowest BCUT2D eigenvalue weighted by atomic mass is 10.2. The lowest BCUT2D eigenvalue weighted by Gasteiger charge is -2.10. The molecule has 0 aliphatic rings. The molecule has 0 radical (unpaired) electrons. The zero-order valence-electron chi connectivity index (χ0n) is 9.78. The molecular formula is C13H12BrFN2O. The third kappa shape index (κ3) is 2.98. The molecule has 1 heterocycles. The maximum Gasteiger partial charge on any atom is 0.141 e. The zero-order valence-corrected chi connectivity index (χ0v) is 11.4. The Morgan fingerprint density at radius 2 is 2.22 bits per heavy atom. The van der Waals surface area contributed by atoms with Crippen molar-refractivity contribution in [1.82, 2.24) is 4.98 Å². The lowest BCUT2D eigenvalue weighted by molar-refractivity contribution is 0.304. The Morgan fingerprint density at radius 1 is 1.39 bits per heavy atom. The van der Waals surface area contributed by atoms with Crippen LogP contribution in [-0.4, -0.2) is 12.0 Å². The highest BCUT2D eigenvalue weighted by Crippen LogP contribution is 2.22. The molecule has 18 heavy (non-hydrogen) atoms. The van der Waals surface area contributed by atoms with Crippen molar-refractivity contribution < 1.29 is 9.13 Å². The van der Waals surface area contributed by atoms with Crippen LogP contribution in [0.15, 0.2) is 41.0 Å². The maximum atomic E-state index is 13.3. The van der Waals surface area contributed by atoms with Gasteiger partial charge in [-0.15, -0.1) is 0 Å². The fourth-order valence-electron chi connectivity index (χ4n) is 1.51. The molecule has 1 N–H and O–H groups in total. The van der Waals surface area contributed by atoms with Crippen molar-refractivity contribution in [3.05, 3.63) is 52.4 Å². The van der Waals surface area contributed by atoms with Gasteiger partial charge in [0.25, 0.3) is 0 Å². The predicted molar refractivity (Wildman–Crippen MR) is 72.2 cm³/mol. The third-order valence-electron chi connectivity index (χ3n) is 2.41. The molecule has 0 fully saturated rings. The fourth-order valence-corrected chi connectivity index (χ4v) is 1.75. The van der Waals surface area contributed by atoms with Crippen LogP contribution in [0.2, 0.25) is 0 Å². The first kappa shape index (κ1) is 12.8. The van der Waals surface area contributed by atoms with Crippen molar-refractivity contribution in [1.29, 1.82) is 0 Å². The van der Waals surface area contributed by atoms with E-state index in [0.717, 1.165) is 11.4 Å². The minimum atomic E-state index is -0.340. The standard InChI is InChI=1S/C13H12BrFN2O/c1-16-13-9(3-2-6-17-13)8-18-10-4-5-11(14)12(15)7-10/h2-7H,8H2,1H3,(H,16,17). The molecule has 0 saturated carbocycles. The van der Waals surface area contributed by atoms with Crippen molar-refractivity contribution in [2.75, 3.05) is 12.4 Å². The molecule has 2 rings (SSSR count). The van der Waals surface area contributed by atoms with Gasteiger partial charge >= 0.3 is 0 Å². The van der Waals surface area contributed by atoms with Gasteiger partial charge in [0, 0.05) is 24.9 Å². The van der Waals surface area contributed by atoms with E-state index in [0.29, 0.717) is 16.8 Å². The second-order valence-corrected chi connectivity index (χ2v) is 4.48. The van der Waals surface area contributed by atoms with Crippen molar-refractivity contribution >= 4 is 21.7 Å². The molecule has 1 aromatic heterocycles. The third-order valence-corrected chi connectivity index (χ3v) is 3.06. The molecule has 0 atom stereocenters. The molecule has 0 bridgehead atoms. The largest absolute Gasteiger partial charge is 0.489 e. The van der Waals surface area contributed by atoms with Crippen molar-refractivity contribution in [3.63, 3.8) is 0 Å². The minimum absolute atomic E-state index is 0.338. The first-order valence-electron chi connectivity index (χ1n) is 5.40. The summed E-state index contributed by atoms with van der Waals surface area (Å²) in [6.07, 6.45) is 1.70. The number of pyridine rings is 1. The maximum absolute atomic E-state index is 13.3. The summed E-state index contributed by atoms with van der Waals surface area (Å²) >= 11 is 3.10. The topological polar surface area (TPSA) is 34.2 Å². The minimum Gasteiger partial charge on any atom is -0.489 e. The fraction of sp³-hybridized carbons (Fsp3) is 0.154. The summed E-state index contributed by atoms with van der Waals surface area (Å²) in [5.74, 6) is 0.907. The van der Waals surface area contributed by atoms with Crippen LogP contribution in [-0.2, 0) is 6.61 Å². The average Bonchev–Trinajstić information content (AvgIpc) is 2.40. The second kappa shape index (κ2) is 5.82. The van der Waals surface area contributed by atoms with E-state index in [1.807, 2.05) is 12.1 Å².